The van der Waals surface area contributed by atoms with Crippen molar-refractivity contribution in [3.8, 4) is 46.5 Å². The van der Waals surface area contributed by atoms with Crippen LogP contribution in [0.15, 0.2) is 140 Å². The van der Waals surface area contributed by atoms with Crippen molar-refractivity contribution in [1.82, 2.24) is 9.13 Å². The molecule has 9 aromatic rings. The molecule has 0 atom stereocenters. The SMILES string of the molecule is N#Cc1ccc2c(c1-n1c3ccccc3c3ccccc31)Oc1cccc3c1B2c1ccc(C#N)c(-n2c4ccccc4c4ccccc42)c1O3. The second kappa shape index (κ2) is 10.2. The lowest BCUT2D eigenvalue weighted by Gasteiger charge is -2.35. The molecule has 51 heavy (non-hydrogen) atoms. The molecular weight excluding hydrogens is 627 g/mol. The molecule has 4 heterocycles. The maximum absolute atomic E-state index is 10.6. The Morgan fingerprint density at radius 1 is 0.431 bits per heavy atom. The molecule has 0 amide bonds. The first-order chi connectivity index (χ1) is 25.2. The van der Waals surface area contributed by atoms with Gasteiger partial charge >= 0.3 is 0 Å². The molecule has 7 heteroatoms. The highest BCUT2D eigenvalue weighted by Crippen LogP contribution is 2.44. The first-order valence-electron chi connectivity index (χ1n) is 16.8. The Kier molecular flexibility index (Phi) is 5.51. The predicted molar refractivity (Wildman–Crippen MR) is 202 cm³/mol. The van der Waals surface area contributed by atoms with E-state index in [-0.39, 0.29) is 6.71 Å². The Morgan fingerprint density at radius 3 is 1.18 bits per heavy atom. The Balaban J connectivity index is 1.24. The molecule has 11 rings (SSSR count). The van der Waals surface area contributed by atoms with Crippen molar-refractivity contribution < 1.29 is 9.47 Å². The van der Waals surface area contributed by atoms with E-state index in [1.807, 2.05) is 91.0 Å². The Bertz CT molecular complexity index is 2780. The molecule has 2 aliphatic heterocycles. The van der Waals surface area contributed by atoms with Crippen LogP contribution < -0.4 is 25.9 Å². The molecule has 0 N–H and O–H groups in total. The Hall–Kier alpha value is -7.22. The molecular formula is C44H23BN4O2. The zero-order valence-corrected chi connectivity index (χ0v) is 27.0. The lowest BCUT2D eigenvalue weighted by atomic mass is 9.34. The van der Waals surface area contributed by atoms with Crippen LogP contribution in [0, 0.1) is 22.7 Å². The highest BCUT2D eigenvalue weighted by Gasteiger charge is 2.43. The smallest absolute Gasteiger partial charge is 0.260 e. The fourth-order valence-electron chi connectivity index (χ4n) is 8.48. The molecule has 0 aliphatic carbocycles. The Labute approximate surface area is 292 Å². The largest absolute Gasteiger partial charge is 0.456 e. The van der Waals surface area contributed by atoms with Gasteiger partial charge in [0, 0.05) is 27.0 Å². The number of rotatable bonds is 2. The van der Waals surface area contributed by atoms with Crippen LogP contribution in [-0.2, 0) is 0 Å². The van der Waals surface area contributed by atoms with Gasteiger partial charge in [0.2, 0.25) is 0 Å². The number of aromatic nitrogens is 2. The Morgan fingerprint density at radius 2 is 0.804 bits per heavy atom. The van der Waals surface area contributed by atoms with Crippen molar-refractivity contribution in [3.63, 3.8) is 0 Å². The second-order valence-corrected chi connectivity index (χ2v) is 13.0. The van der Waals surface area contributed by atoms with Crippen LogP contribution in [0.3, 0.4) is 0 Å². The van der Waals surface area contributed by atoms with E-state index in [1.165, 1.54) is 0 Å². The summed E-state index contributed by atoms with van der Waals surface area (Å²) in [6, 6.07) is 51.8. The normalized spacial score (nSPS) is 12.5. The molecule has 0 saturated heterocycles. The summed E-state index contributed by atoms with van der Waals surface area (Å²) in [4.78, 5) is 0. The van der Waals surface area contributed by atoms with Gasteiger partial charge in [-0.05, 0) is 59.5 Å². The van der Waals surface area contributed by atoms with Gasteiger partial charge in [0.15, 0.2) is 0 Å². The number of hydrogen-bond acceptors (Lipinski definition) is 4. The average molecular weight is 651 g/mol. The van der Waals surface area contributed by atoms with E-state index in [0.29, 0.717) is 45.5 Å². The van der Waals surface area contributed by atoms with E-state index in [2.05, 4.69) is 69.8 Å². The van der Waals surface area contributed by atoms with Gasteiger partial charge in [-0.15, -0.1) is 0 Å². The van der Waals surface area contributed by atoms with Crippen LogP contribution in [0.5, 0.6) is 23.0 Å². The second-order valence-electron chi connectivity index (χ2n) is 13.0. The molecule has 0 bridgehead atoms. The number of hydrogen-bond donors (Lipinski definition) is 0. The van der Waals surface area contributed by atoms with Crippen molar-refractivity contribution in [2.75, 3.05) is 0 Å². The minimum Gasteiger partial charge on any atom is -0.456 e. The van der Waals surface area contributed by atoms with E-state index in [1.54, 1.807) is 0 Å². The van der Waals surface area contributed by atoms with Crippen LogP contribution in [-0.4, -0.2) is 15.8 Å². The zero-order chi connectivity index (χ0) is 33.8. The predicted octanol–water partition coefficient (Wildman–Crippen LogP) is 8.35. The molecule has 6 nitrogen and oxygen atoms in total. The van der Waals surface area contributed by atoms with Crippen LogP contribution in [0.1, 0.15) is 11.1 Å². The molecule has 0 saturated carbocycles. The van der Waals surface area contributed by atoms with Crippen molar-refractivity contribution in [3.05, 3.63) is 151 Å². The summed E-state index contributed by atoms with van der Waals surface area (Å²) in [5, 5.41) is 25.6. The van der Waals surface area contributed by atoms with Gasteiger partial charge in [-0.3, -0.25) is 0 Å². The van der Waals surface area contributed by atoms with Crippen molar-refractivity contribution in [1.29, 1.82) is 10.5 Å². The first kappa shape index (κ1) is 27.7. The molecule has 0 spiro atoms. The molecule has 2 aliphatic rings. The van der Waals surface area contributed by atoms with E-state index in [4.69, 9.17) is 9.47 Å². The monoisotopic (exact) mass is 650 g/mol. The highest BCUT2D eigenvalue weighted by atomic mass is 16.5. The van der Waals surface area contributed by atoms with E-state index in [0.717, 1.165) is 60.0 Å². The lowest BCUT2D eigenvalue weighted by molar-refractivity contribution is 0.462. The molecule has 0 fully saturated rings. The average Bonchev–Trinajstić information content (AvgIpc) is 3.69. The minimum absolute atomic E-state index is 0.289. The third-order valence-electron chi connectivity index (χ3n) is 10.5. The number of para-hydroxylation sites is 4. The quantitative estimate of drug-likeness (QED) is 0.176. The van der Waals surface area contributed by atoms with Gasteiger partial charge in [0.05, 0.1) is 33.2 Å². The summed E-state index contributed by atoms with van der Waals surface area (Å²) in [7, 11) is 0. The van der Waals surface area contributed by atoms with E-state index >= 15 is 0 Å². The first-order valence-corrected chi connectivity index (χ1v) is 16.8. The van der Waals surface area contributed by atoms with E-state index in [9.17, 15) is 10.5 Å². The zero-order valence-electron chi connectivity index (χ0n) is 27.0. The van der Waals surface area contributed by atoms with Crippen LogP contribution >= 0.6 is 0 Å². The van der Waals surface area contributed by atoms with E-state index < -0.39 is 0 Å². The standard InChI is InChI=1S/C44H23BN4O2/c46-24-26-20-22-32-43(41(26)48-34-14-5-1-10-28(34)29-11-2-6-15-35(29)48)50-38-18-9-19-39-40(38)45(32)33-23-21-27(25-47)42(44(33)51-39)49-36-16-7-3-12-30(36)31-13-4-8-17-37(31)49/h1-23H. The summed E-state index contributed by atoms with van der Waals surface area (Å²) in [5.41, 5.74) is 9.17. The van der Waals surface area contributed by atoms with Gasteiger partial charge in [0.1, 0.15) is 46.5 Å². The topological polar surface area (TPSA) is 75.9 Å². The van der Waals surface area contributed by atoms with Crippen LogP contribution in [0.2, 0.25) is 0 Å². The molecule has 0 unspecified atom stereocenters. The highest BCUT2D eigenvalue weighted by molar-refractivity contribution is 6.98. The molecule has 0 radical (unpaired) electrons. The van der Waals surface area contributed by atoms with Gasteiger partial charge in [-0.1, -0.05) is 91.0 Å². The van der Waals surface area contributed by atoms with Crippen LogP contribution in [0.4, 0.5) is 0 Å². The number of nitriles is 2. The molecule has 7 aromatic carbocycles. The van der Waals surface area contributed by atoms with Crippen molar-refractivity contribution in [2.24, 2.45) is 0 Å². The molecule has 234 valence electrons. The lowest BCUT2D eigenvalue weighted by Crippen LogP contribution is -2.57. The van der Waals surface area contributed by atoms with Gasteiger partial charge < -0.3 is 18.6 Å². The summed E-state index contributed by atoms with van der Waals surface area (Å²) in [5.74, 6) is 2.61. The summed E-state index contributed by atoms with van der Waals surface area (Å²) in [6.45, 7) is -0.289. The van der Waals surface area contributed by atoms with Crippen molar-refractivity contribution in [2.45, 2.75) is 0 Å². The summed E-state index contributed by atoms with van der Waals surface area (Å²) in [6.07, 6.45) is 0. The van der Waals surface area contributed by atoms with Crippen molar-refractivity contribution >= 4 is 66.7 Å². The summed E-state index contributed by atoms with van der Waals surface area (Å²) < 4.78 is 18.1. The number of nitrogens with zero attached hydrogens (tertiary/aromatic N) is 4. The maximum Gasteiger partial charge on any atom is 0.260 e. The van der Waals surface area contributed by atoms with Gasteiger partial charge in [-0.25, -0.2) is 0 Å². The van der Waals surface area contributed by atoms with Gasteiger partial charge in [0.25, 0.3) is 6.71 Å². The minimum atomic E-state index is -0.289. The third kappa shape index (κ3) is 3.59. The number of ether oxygens (including phenoxy) is 2. The van der Waals surface area contributed by atoms with Crippen LogP contribution in [0.25, 0.3) is 55.0 Å². The molecule has 2 aromatic heterocycles. The fraction of sp³-hybridized carbons (Fsp3) is 0. The maximum atomic E-state index is 10.6. The fourth-order valence-corrected chi connectivity index (χ4v) is 8.48. The number of fused-ring (bicyclic) bond motifs is 10. The van der Waals surface area contributed by atoms with Gasteiger partial charge in [-0.2, -0.15) is 10.5 Å². The third-order valence-corrected chi connectivity index (χ3v) is 10.5. The summed E-state index contributed by atoms with van der Waals surface area (Å²) >= 11 is 0. The number of benzene rings is 7.